The molecule has 0 aliphatic rings. The van der Waals surface area contributed by atoms with E-state index < -0.39 is 0 Å². The number of para-hydroxylation sites is 1. The molecule has 1 N–H and O–H groups in total. The van der Waals surface area contributed by atoms with Crippen molar-refractivity contribution < 1.29 is 19.0 Å². The predicted molar refractivity (Wildman–Crippen MR) is 96.7 cm³/mol. The zero-order valence-electron chi connectivity index (χ0n) is 14.2. The first kappa shape index (κ1) is 18.0. The first-order chi connectivity index (χ1) is 11.6. The number of hydrogen-bond acceptors (Lipinski definition) is 5. The van der Waals surface area contributed by atoms with Crippen LogP contribution in [-0.4, -0.2) is 33.5 Å². The van der Waals surface area contributed by atoms with Crippen LogP contribution in [0.4, 0.5) is 5.69 Å². The molecule has 2 rings (SSSR count). The zero-order valence-corrected chi connectivity index (χ0v) is 15.0. The molecule has 6 heteroatoms. The van der Waals surface area contributed by atoms with Crippen LogP contribution in [0.25, 0.3) is 0 Å². The molecule has 0 radical (unpaired) electrons. The Bertz CT molecular complexity index is 693. The lowest BCUT2D eigenvalue weighted by molar-refractivity contribution is -0.115. The van der Waals surface area contributed by atoms with Gasteiger partial charge in [0.25, 0.3) is 0 Å². The van der Waals surface area contributed by atoms with E-state index in [9.17, 15) is 4.79 Å². The van der Waals surface area contributed by atoms with Gasteiger partial charge in [-0.15, -0.1) is 11.8 Å². The van der Waals surface area contributed by atoms with Gasteiger partial charge in [0.1, 0.15) is 0 Å². The summed E-state index contributed by atoms with van der Waals surface area (Å²) < 4.78 is 15.9. The summed E-state index contributed by atoms with van der Waals surface area (Å²) in [7, 11) is 4.65. The van der Waals surface area contributed by atoms with E-state index in [4.69, 9.17) is 14.2 Å². The molecule has 0 saturated heterocycles. The molecule has 2 aromatic carbocycles. The molecule has 0 fully saturated rings. The number of methoxy groups -OCH3 is 3. The number of carbonyl (C=O) groups excluding carboxylic acids is 1. The number of thioether (sulfide) groups is 1. The second kappa shape index (κ2) is 8.49. The van der Waals surface area contributed by atoms with Crippen LogP contribution in [0.5, 0.6) is 17.2 Å². The Morgan fingerprint density at radius 3 is 2.21 bits per heavy atom. The fraction of sp³-hybridized carbons (Fsp3) is 0.278. The standard InChI is InChI=1S/C18H21NO4S/c1-21-14-9-12(10-15(22-2)18(14)23-3)11-17(20)19-13-7-5-6-8-16(13)24-4/h5-10H,11H2,1-4H3,(H,19,20). The van der Waals surface area contributed by atoms with Crippen molar-refractivity contribution in [2.45, 2.75) is 11.3 Å². The monoisotopic (exact) mass is 347 g/mol. The third-order valence-electron chi connectivity index (χ3n) is 3.47. The van der Waals surface area contributed by atoms with Crippen molar-refractivity contribution in [3.05, 3.63) is 42.0 Å². The topological polar surface area (TPSA) is 56.8 Å². The summed E-state index contributed by atoms with van der Waals surface area (Å²) in [6.07, 6.45) is 2.18. The SMILES string of the molecule is COc1cc(CC(=O)Nc2ccccc2SC)cc(OC)c1OC. The molecule has 5 nitrogen and oxygen atoms in total. The summed E-state index contributed by atoms with van der Waals surface area (Å²) in [5, 5.41) is 2.94. The molecule has 0 spiro atoms. The molecular formula is C18H21NO4S. The molecule has 128 valence electrons. The van der Waals surface area contributed by atoms with E-state index >= 15 is 0 Å². The zero-order chi connectivity index (χ0) is 17.5. The van der Waals surface area contributed by atoms with Crippen LogP contribution in [0.15, 0.2) is 41.3 Å². The van der Waals surface area contributed by atoms with Crippen molar-refractivity contribution in [1.82, 2.24) is 0 Å². The van der Waals surface area contributed by atoms with Gasteiger partial charge in [-0.05, 0) is 36.1 Å². The molecule has 0 aliphatic heterocycles. The highest BCUT2D eigenvalue weighted by Crippen LogP contribution is 2.38. The maximum atomic E-state index is 12.4. The molecule has 0 bridgehead atoms. The number of ether oxygens (including phenoxy) is 3. The van der Waals surface area contributed by atoms with E-state index in [0.29, 0.717) is 17.2 Å². The largest absolute Gasteiger partial charge is 0.493 e. The quantitative estimate of drug-likeness (QED) is 0.775. The number of rotatable bonds is 7. The van der Waals surface area contributed by atoms with Gasteiger partial charge in [0.05, 0.1) is 33.4 Å². The van der Waals surface area contributed by atoms with E-state index in [0.717, 1.165) is 16.1 Å². The van der Waals surface area contributed by atoms with Gasteiger partial charge in [0, 0.05) is 4.90 Å². The minimum absolute atomic E-state index is 0.106. The minimum Gasteiger partial charge on any atom is -0.493 e. The van der Waals surface area contributed by atoms with Crippen LogP contribution >= 0.6 is 11.8 Å². The van der Waals surface area contributed by atoms with Crippen molar-refractivity contribution >= 4 is 23.4 Å². The average molecular weight is 347 g/mol. The van der Waals surface area contributed by atoms with Crippen molar-refractivity contribution in [2.75, 3.05) is 32.9 Å². The van der Waals surface area contributed by atoms with Crippen LogP contribution < -0.4 is 19.5 Å². The van der Waals surface area contributed by atoms with Crippen molar-refractivity contribution in [1.29, 1.82) is 0 Å². The second-order valence-electron chi connectivity index (χ2n) is 4.96. The Balaban J connectivity index is 2.19. The lowest BCUT2D eigenvalue weighted by Crippen LogP contribution is -2.15. The minimum atomic E-state index is -0.106. The van der Waals surface area contributed by atoms with E-state index in [-0.39, 0.29) is 12.3 Å². The van der Waals surface area contributed by atoms with Gasteiger partial charge in [-0.2, -0.15) is 0 Å². The van der Waals surface area contributed by atoms with Gasteiger partial charge in [0.15, 0.2) is 11.5 Å². The molecule has 0 aromatic heterocycles. The van der Waals surface area contributed by atoms with E-state index in [1.807, 2.05) is 30.5 Å². The Hall–Kier alpha value is -2.34. The molecule has 1 amide bonds. The number of nitrogens with one attached hydrogen (secondary N) is 1. The number of benzene rings is 2. The number of anilines is 1. The highest BCUT2D eigenvalue weighted by Gasteiger charge is 2.15. The van der Waals surface area contributed by atoms with Gasteiger partial charge >= 0.3 is 0 Å². The molecule has 0 heterocycles. The summed E-state index contributed by atoms with van der Waals surface area (Å²) in [6, 6.07) is 11.3. The summed E-state index contributed by atoms with van der Waals surface area (Å²) >= 11 is 1.59. The van der Waals surface area contributed by atoms with Crippen molar-refractivity contribution in [2.24, 2.45) is 0 Å². The highest BCUT2D eigenvalue weighted by molar-refractivity contribution is 7.98. The summed E-state index contributed by atoms with van der Waals surface area (Å²) in [6.45, 7) is 0. The van der Waals surface area contributed by atoms with Gasteiger partial charge in [0.2, 0.25) is 11.7 Å². The van der Waals surface area contributed by atoms with Gasteiger partial charge in [-0.1, -0.05) is 12.1 Å². The molecular weight excluding hydrogens is 326 g/mol. The van der Waals surface area contributed by atoms with Gasteiger partial charge < -0.3 is 19.5 Å². The van der Waals surface area contributed by atoms with Crippen LogP contribution in [0, 0.1) is 0 Å². The smallest absolute Gasteiger partial charge is 0.228 e. The number of carbonyl (C=O) groups is 1. The van der Waals surface area contributed by atoms with E-state index in [2.05, 4.69) is 5.32 Å². The lowest BCUT2D eigenvalue weighted by Gasteiger charge is -2.14. The maximum absolute atomic E-state index is 12.4. The Morgan fingerprint density at radius 1 is 1.04 bits per heavy atom. The predicted octanol–water partition coefficient (Wildman–Crippen LogP) is 3.62. The second-order valence-corrected chi connectivity index (χ2v) is 5.81. The van der Waals surface area contributed by atoms with Gasteiger partial charge in [-0.25, -0.2) is 0 Å². The molecule has 0 unspecified atom stereocenters. The van der Waals surface area contributed by atoms with Crippen molar-refractivity contribution in [3.63, 3.8) is 0 Å². The van der Waals surface area contributed by atoms with Crippen LogP contribution in [0.1, 0.15) is 5.56 Å². The summed E-state index contributed by atoms with van der Waals surface area (Å²) in [5.74, 6) is 1.47. The molecule has 0 aliphatic carbocycles. The fourth-order valence-electron chi connectivity index (χ4n) is 2.37. The number of amides is 1. The third kappa shape index (κ3) is 4.14. The molecule has 2 aromatic rings. The van der Waals surface area contributed by atoms with Crippen LogP contribution in [0.3, 0.4) is 0 Å². The molecule has 0 atom stereocenters. The maximum Gasteiger partial charge on any atom is 0.228 e. The summed E-state index contributed by atoms with van der Waals surface area (Å²) in [4.78, 5) is 13.4. The Labute approximate surface area is 146 Å². The molecule has 24 heavy (non-hydrogen) atoms. The third-order valence-corrected chi connectivity index (χ3v) is 4.27. The average Bonchev–Trinajstić information content (AvgIpc) is 2.61. The van der Waals surface area contributed by atoms with Gasteiger partial charge in [-0.3, -0.25) is 4.79 Å². The molecule has 0 saturated carbocycles. The fourth-order valence-corrected chi connectivity index (χ4v) is 2.92. The van der Waals surface area contributed by atoms with E-state index in [1.54, 1.807) is 45.2 Å². The highest BCUT2D eigenvalue weighted by atomic mass is 32.2. The van der Waals surface area contributed by atoms with Crippen molar-refractivity contribution in [3.8, 4) is 17.2 Å². The Morgan fingerprint density at radius 2 is 1.67 bits per heavy atom. The summed E-state index contributed by atoms with van der Waals surface area (Å²) in [5.41, 5.74) is 1.59. The number of hydrogen-bond donors (Lipinski definition) is 1. The normalized spacial score (nSPS) is 10.2. The van der Waals surface area contributed by atoms with Crippen LogP contribution in [0.2, 0.25) is 0 Å². The first-order valence-corrected chi connectivity index (χ1v) is 8.57. The van der Waals surface area contributed by atoms with Crippen LogP contribution in [-0.2, 0) is 11.2 Å². The first-order valence-electron chi connectivity index (χ1n) is 7.34. The Kier molecular flexibility index (Phi) is 6.37. The van der Waals surface area contributed by atoms with E-state index in [1.165, 1.54) is 0 Å². The lowest BCUT2D eigenvalue weighted by atomic mass is 10.1.